The standard InChI is InChI=1S/C11H19N3/c1-8-6-11(14-13-8)10-4-2-9(7-12)3-5-10/h6,9-10H,2-5,7,12H2,1H3,(H,13,14). The lowest BCUT2D eigenvalue weighted by molar-refractivity contribution is 0.329. The summed E-state index contributed by atoms with van der Waals surface area (Å²) in [6, 6.07) is 2.17. The average Bonchev–Trinajstić information content (AvgIpc) is 2.65. The van der Waals surface area contributed by atoms with Crippen LogP contribution in [0.4, 0.5) is 0 Å². The minimum Gasteiger partial charge on any atom is -0.330 e. The molecule has 0 radical (unpaired) electrons. The van der Waals surface area contributed by atoms with Crippen LogP contribution in [0.15, 0.2) is 6.07 Å². The molecule has 0 aromatic carbocycles. The molecule has 14 heavy (non-hydrogen) atoms. The average molecular weight is 193 g/mol. The van der Waals surface area contributed by atoms with Gasteiger partial charge in [-0.15, -0.1) is 0 Å². The van der Waals surface area contributed by atoms with Crippen molar-refractivity contribution in [3.05, 3.63) is 17.5 Å². The van der Waals surface area contributed by atoms with Gasteiger partial charge in [0.2, 0.25) is 0 Å². The maximum Gasteiger partial charge on any atom is 0.0655 e. The number of hydrogen-bond acceptors (Lipinski definition) is 2. The van der Waals surface area contributed by atoms with E-state index in [9.17, 15) is 0 Å². The van der Waals surface area contributed by atoms with Crippen molar-refractivity contribution < 1.29 is 0 Å². The highest BCUT2D eigenvalue weighted by Crippen LogP contribution is 2.34. The Hall–Kier alpha value is -0.830. The fourth-order valence-electron chi connectivity index (χ4n) is 2.34. The first-order chi connectivity index (χ1) is 6.79. The van der Waals surface area contributed by atoms with Gasteiger partial charge in [-0.25, -0.2) is 0 Å². The molecule has 0 atom stereocenters. The molecular formula is C11H19N3. The molecule has 3 N–H and O–H groups in total. The summed E-state index contributed by atoms with van der Waals surface area (Å²) in [4.78, 5) is 0. The van der Waals surface area contributed by atoms with Crippen LogP contribution in [0.5, 0.6) is 0 Å². The van der Waals surface area contributed by atoms with Gasteiger partial charge < -0.3 is 5.73 Å². The van der Waals surface area contributed by atoms with Crippen LogP contribution in [0.25, 0.3) is 0 Å². The number of H-pyrrole nitrogens is 1. The molecule has 1 aromatic rings. The van der Waals surface area contributed by atoms with Gasteiger partial charge in [0.05, 0.1) is 5.69 Å². The Balaban J connectivity index is 1.95. The van der Waals surface area contributed by atoms with Crippen molar-refractivity contribution in [2.24, 2.45) is 11.7 Å². The van der Waals surface area contributed by atoms with Crippen LogP contribution in [0.3, 0.4) is 0 Å². The zero-order chi connectivity index (χ0) is 9.97. The van der Waals surface area contributed by atoms with Crippen LogP contribution in [0.1, 0.15) is 43.0 Å². The Bertz CT molecular complexity index is 284. The second-order valence-corrected chi connectivity index (χ2v) is 4.43. The number of nitrogens with one attached hydrogen (secondary N) is 1. The molecule has 3 heteroatoms. The molecule has 1 saturated carbocycles. The summed E-state index contributed by atoms with van der Waals surface area (Å²) in [5.74, 6) is 1.43. The van der Waals surface area contributed by atoms with Crippen molar-refractivity contribution in [2.45, 2.75) is 38.5 Å². The van der Waals surface area contributed by atoms with Gasteiger partial charge >= 0.3 is 0 Å². The summed E-state index contributed by atoms with van der Waals surface area (Å²) in [7, 11) is 0. The van der Waals surface area contributed by atoms with E-state index in [1.54, 1.807) is 0 Å². The number of aryl methyl sites for hydroxylation is 1. The SMILES string of the molecule is Cc1cc(C2CCC(CN)CC2)n[nH]1. The van der Waals surface area contributed by atoms with Crippen molar-refractivity contribution in [1.82, 2.24) is 10.2 Å². The third-order valence-electron chi connectivity index (χ3n) is 3.32. The highest BCUT2D eigenvalue weighted by Gasteiger charge is 2.22. The summed E-state index contributed by atoms with van der Waals surface area (Å²) in [5.41, 5.74) is 8.09. The molecule has 0 amide bonds. The van der Waals surface area contributed by atoms with Crippen LogP contribution in [0.2, 0.25) is 0 Å². The number of aromatic nitrogens is 2. The summed E-state index contributed by atoms with van der Waals surface area (Å²) in [6.45, 7) is 2.91. The highest BCUT2D eigenvalue weighted by molar-refractivity contribution is 5.12. The molecule has 0 spiro atoms. The largest absolute Gasteiger partial charge is 0.330 e. The third kappa shape index (κ3) is 1.98. The van der Waals surface area contributed by atoms with E-state index in [0.29, 0.717) is 5.92 Å². The molecular weight excluding hydrogens is 174 g/mol. The van der Waals surface area contributed by atoms with E-state index >= 15 is 0 Å². The van der Waals surface area contributed by atoms with E-state index < -0.39 is 0 Å². The molecule has 0 unspecified atom stereocenters. The molecule has 1 aromatic heterocycles. The Morgan fingerprint density at radius 3 is 2.64 bits per heavy atom. The van der Waals surface area contributed by atoms with Gasteiger partial charge in [-0.1, -0.05) is 0 Å². The summed E-state index contributed by atoms with van der Waals surface area (Å²) in [6.07, 6.45) is 5.05. The lowest BCUT2D eigenvalue weighted by atomic mass is 9.80. The van der Waals surface area contributed by atoms with Gasteiger partial charge in [-0.05, 0) is 51.1 Å². The Labute approximate surface area is 85.1 Å². The monoisotopic (exact) mass is 193 g/mol. The van der Waals surface area contributed by atoms with E-state index in [4.69, 9.17) is 5.73 Å². The van der Waals surface area contributed by atoms with Crippen molar-refractivity contribution in [3.8, 4) is 0 Å². The number of nitrogens with two attached hydrogens (primary N) is 1. The number of nitrogens with zero attached hydrogens (tertiary/aromatic N) is 1. The normalized spacial score (nSPS) is 27.9. The molecule has 2 rings (SSSR count). The van der Waals surface area contributed by atoms with Gasteiger partial charge in [-0.3, -0.25) is 5.10 Å². The Morgan fingerprint density at radius 1 is 1.43 bits per heavy atom. The smallest absolute Gasteiger partial charge is 0.0655 e. The predicted molar refractivity (Wildman–Crippen MR) is 57.1 cm³/mol. The molecule has 78 valence electrons. The predicted octanol–water partition coefficient (Wildman–Crippen LogP) is 1.95. The second kappa shape index (κ2) is 4.13. The zero-order valence-corrected chi connectivity index (χ0v) is 8.79. The first-order valence-electron chi connectivity index (χ1n) is 5.51. The second-order valence-electron chi connectivity index (χ2n) is 4.43. The molecule has 1 aliphatic rings. The molecule has 0 bridgehead atoms. The van der Waals surface area contributed by atoms with Crippen LogP contribution in [-0.4, -0.2) is 16.7 Å². The van der Waals surface area contributed by atoms with Crippen LogP contribution < -0.4 is 5.73 Å². The summed E-state index contributed by atoms with van der Waals surface area (Å²) < 4.78 is 0. The van der Waals surface area contributed by atoms with Crippen molar-refractivity contribution in [3.63, 3.8) is 0 Å². The maximum absolute atomic E-state index is 5.67. The molecule has 0 aliphatic heterocycles. The van der Waals surface area contributed by atoms with E-state index in [2.05, 4.69) is 23.2 Å². The highest BCUT2D eigenvalue weighted by atomic mass is 15.1. The number of aromatic amines is 1. The molecule has 1 aliphatic carbocycles. The third-order valence-corrected chi connectivity index (χ3v) is 3.32. The van der Waals surface area contributed by atoms with Gasteiger partial charge in [0.15, 0.2) is 0 Å². The molecule has 3 nitrogen and oxygen atoms in total. The summed E-state index contributed by atoms with van der Waals surface area (Å²) >= 11 is 0. The van der Waals surface area contributed by atoms with E-state index in [-0.39, 0.29) is 0 Å². The minimum atomic E-state index is 0.669. The minimum absolute atomic E-state index is 0.669. The van der Waals surface area contributed by atoms with Gasteiger partial charge in [0.25, 0.3) is 0 Å². The summed E-state index contributed by atoms with van der Waals surface area (Å²) in [5, 5.41) is 7.35. The van der Waals surface area contributed by atoms with Crippen LogP contribution in [-0.2, 0) is 0 Å². The van der Waals surface area contributed by atoms with Crippen LogP contribution >= 0.6 is 0 Å². The zero-order valence-electron chi connectivity index (χ0n) is 8.79. The van der Waals surface area contributed by atoms with Crippen molar-refractivity contribution in [1.29, 1.82) is 0 Å². The fraction of sp³-hybridized carbons (Fsp3) is 0.727. The van der Waals surface area contributed by atoms with E-state index in [0.717, 1.165) is 12.5 Å². The maximum atomic E-state index is 5.67. The van der Waals surface area contributed by atoms with Crippen molar-refractivity contribution >= 4 is 0 Å². The Kier molecular flexibility index (Phi) is 2.87. The molecule has 1 heterocycles. The fourth-order valence-corrected chi connectivity index (χ4v) is 2.34. The first-order valence-corrected chi connectivity index (χ1v) is 5.51. The van der Waals surface area contributed by atoms with Crippen molar-refractivity contribution in [2.75, 3.05) is 6.54 Å². The van der Waals surface area contributed by atoms with Gasteiger partial charge in [-0.2, -0.15) is 5.10 Å². The molecule has 0 saturated heterocycles. The molecule has 1 fully saturated rings. The van der Waals surface area contributed by atoms with E-state index in [1.807, 2.05) is 0 Å². The lowest BCUT2D eigenvalue weighted by Crippen LogP contribution is -2.20. The van der Waals surface area contributed by atoms with Gasteiger partial charge in [0, 0.05) is 11.6 Å². The topological polar surface area (TPSA) is 54.7 Å². The van der Waals surface area contributed by atoms with Gasteiger partial charge in [0.1, 0.15) is 0 Å². The lowest BCUT2D eigenvalue weighted by Gasteiger charge is -2.26. The quantitative estimate of drug-likeness (QED) is 0.754. The van der Waals surface area contributed by atoms with E-state index in [1.165, 1.54) is 37.1 Å². The Morgan fingerprint density at radius 2 is 2.14 bits per heavy atom. The number of hydrogen-bond donors (Lipinski definition) is 2. The number of rotatable bonds is 2. The van der Waals surface area contributed by atoms with Crippen LogP contribution in [0, 0.1) is 12.8 Å². The first kappa shape index (κ1) is 9.71.